The summed E-state index contributed by atoms with van der Waals surface area (Å²) in [5.41, 5.74) is 2.35. The number of amides is 1. The maximum Gasteiger partial charge on any atom is 0.236 e. The van der Waals surface area contributed by atoms with Crippen LogP contribution in [0.5, 0.6) is 5.75 Å². The molecular formula is C17H26N2O3. The molecule has 0 saturated carbocycles. The molecule has 1 heterocycles. The van der Waals surface area contributed by atoms with Crippen molar-refractivity contribution in [1.82, 2.24) is 9.80 Å². The highest BCUT2D eigenvalue weighted by molar-refractivity contribution is 5.78. The van der Waals surface area contributed by atoms with E-state index in [-0.39, 0.29) is 12.0 Å². The van der Waals surface area contributed by atoms with E-state index in [2.05, 4.69) is 6.07 Å². The van der Waals surface area contributed by atoms with E-state index >= 15 is 0 Å². The van der Waals surface area contributed by atoms with Crippen molar-refractivity contribution >= 4 is 5.91 Å². The first-order valence-corrected chi connectivity index (χ1v) is 7.79. The Balaban J connectivity index is 1.72. The van der Waals surface area contributed by atoms with Crippen LogP contribution in [0, 0.1) is 13.8 Å². The van der Waals surface area contributed by atoms with E-state index in [9.17, 15) is 9.90 Å². The van der Waals surface area contributed by atoms with E-state index in [4.69, 9.17) is 4.74 Å². The highest BCUT2D eigenvalue weighted by Crippen LogP contribution is 2.16. The number of aryl methyl sites for hydroxylation is 2. The second-order valence-corrected chi connectivity index (χ2v) is 6.16. The minimum absolute atomic E-state index is 0.0677. The molecule has 1 N–H and O–H groups in total. The summed E-state index contributed by atoms with van der Waals surface area (Å²) < 4.78 is 5.73. The number of aliphatic hydroxyl groups is 1. The number of aliphatic hydroxyl groups excluding tert-OH is 1. The van der Waals surface area contributed by atoms with Gasteiger partial charge in [0, 0.05) is 20.1 Å². The highest BCUT2D eigenvalue weighted by atomic mass is 16.5. The summed E-state index contributed by atoms with van der Waals surface area (Å²) in [5, 5.41) is 9.48. The van der Waals surface area contributed by atoms with Crippen LogP contribution in [0.4, 0.5) is 0 Å². The van der Waals surface area contributed by atoms with Crippen LogP contribution < -0.4 is 4.74 Å². The van der Waals surface area contributed by atoms with E-state index in [1.165, 1.54) is 11.1 Å². The largest absolute Gasteiger partial charge is 0.492 e. The number of carbonyl (C=O) groups is 1. The molecular weight excluding hydrogens is 280 g/mol. The number of hydrogen-bond donors (Lipinski definition) is 1. The maximum atomic E-state index is 12.1. The average molecular weight is 306 g/mol. The first-order valence-electron chi connectivity index (χ1n) is 7.79. The average Bonchev–Trinajstić information content (AvgIpc) is 2.82. The Bertz CT molecular complexity index is 498. The lowest BCUT2D eigenvalue weighted by molar-refractivity contribution is -0.131. The Kier molecular flexibility index (Phi) is 5.80. The second-order valence-electron chi connectivity index (χ2n) is 6.16. The van der Waals surface area contributed by atoms with Crippen molar-refractivity contribution < 1.29 is 14.6 Å². The van der Waals surface area contributed by atoms with Gasteiger partial charge in [-0.05, 0) is 43.5 Å². The van der Waals surface area contributed by atoms with Gasteiger partial charge in [-0.2, -0.15) is 0 Å². The van der Waals surface area contributed by atoms with Crippen molar-refractivity contribution in [3.05, 3.63) is 29.3 Å². The fraction of sp³-hybridized carbons (Fsp3) is 0.588. The number of carbonyl (C=O) groups excluding carboxylic acids is 1. The van der Waals surface area contributed by atoms with Crippen LogP contribution >= 0.6 is 0 Å². The lowest BCUT2D eigenvalue weighted by atomic mass is 10.1. The van der Waals surface area contributed by atoms with Crippen molar-refractivity contribution in [1.29, 1.82) is 0 Å². The third-order valence-electron chi connectivity index (χ3n) is 3.92. The summed E-state index contributed by atoms with van der Waals surface area (Å²) in [4.78, 5) is 15.8. The van der Waals surface area contributed by atoms with E-state index < -0.39 is 0 Å². The van der Waals surface area contributed by atoms with Crippen LogP contribution in [-0.4, -0.2) is 66.8 Å². The lowest BCUT2D eigenvalue weighted by Gasteiger charge is -2.21. The molecule has 2 rings (SSSR count). The predicted octanol–water partition coefficient (Wildman–Crippen LogP) is 1.21. The smallest absolute Gasteiger partial charge is 0.236 e. The molecule has 1 aromatic rings. The molecule has 1 aromatic carbocycles. The number of ether oxygens (including phenoxy) is 1. The van der Waals surface area contributed by atoms with Gasteiger partial charge in [-0.1, -0.05) is 6.07 Å². The molecule has 122 valence electrons. The molecule has 0 aliphatic carbocycles. The molecule has 0 radical (unpaired) electrons. The number of likely N-dealkylation sites (N-methyl/N-ethyl adjacent to an activating group) is 1. The number of rotatable bonds is 6. The molecule has 1 aliphatic rings. The Morgan fingerprint density at radius 1 is 1.36 bits per heavy atom. The zero-order valence-corrected chi connectivity index (χ0v) is 13.7. The summed E-state index contributed by atoms with van der Waals surface area (Å²) in [6.45, 7) is 6.88. The normalized spacial score (nSPS) is 18.5. The van der Waals surface area contributed by atoms with Gasteiger partial charge in [-0.25, -0.2) is 0 Å². The fourth-order valence-electron chi connectivity index (χ4n) is 2.71. The zero-order valence-electron chi connectivity index (χ0n) is 13.7. The first-order chi connectivity index (χ1) is 10.4. The molecule has 5 heteroatoms. The minimum Gasteiger partial charge on any atom is -0.492 e. The van der Waals surface area contributed by atoms with Gasteiger partial charge in [-0.15, -0.1) is 0 Å². The van der Waals surface area contributed by atoms with Crippen molar-refractivity contribution in [3.8, 4) is 5.75 Å². The van der Waals surface area contributed by atoms with Crippen LogP contribution in [0.1, 0.15) is 17.5 Å². The van der Waals surface area contributed by atoms with E-state index in [0.717, 1.165) is 18.7 Å². The molecule has 1 amide bonds. The lowest BCUT2D eigenvalue weighted by Crippen LogP contribution is -2.39. The van der Waals surface area contributed by atoms with E-state index in [1.807, 2.05) is 30.9 Å². The van der Waals surface area contributed by atoms with Crippen LogP contribution in [0.2, 0.25) is 0 Å². The van der Waals surface area contributed by atoms with Crippen LogP contribution in [0.25, 0.3) is 0 Å². The first kappa shape index (κ1) is 16.8. The molecule has 1 fully saturated rings. The maximum absolute atomic E-state index is 12.1. The Labute approximate surface area is 132 Å². The van der Waals surface area contributed by atoms with E-state index in [0.29, 0.717) is 26.2 Å². The Morgan fingerprint density at radius 2 is 2.05 bits per heavy atom. The van der Waals surface area contributed by atoms with Crippen molar-refractivity contribution in [3.63, 3.8) is 0 Å². The van der Waals surface area contributed by atoms with Gasteiger partial charge >= 0.3 is 0 Å². The van der Waals surface area contributed by atoms with Crippen molar-refractivity contribution in [2.75, 3.05) is 39.8 Å². The summed E-state index contributed by atoms with van der Waals surface area (Å²) >= 11 is 0. The SMILES string of the molecule is Cc1cc(C)cc(OCCN(C)C(=O)CN2CC[C@@H](O)C2)c1. The summed E-state index contributed by atoms with van der Waals surface area (Å²) in [7, 11) is 1.79. The predicted molar refractivity (Wildman–Crippen MR) is 86.1 cm³/mol. The standard InChI is InChI=1S/C17H26N2O3/c1-13-8-14(2)10-16(9-13)22-7-6-18(3)17(21)12-19-5-4-15(20)11-19/h8-10,15,20H,4-7,11-12H2,1-3H3/t15-/m1/s1. The second kappa shape index (κ2) is 7.61. The molecule has 5 nitrogen and oxygen atoms in total. The van der Waals surface area contributed by atoms with Gasteiger partial charge in [0.05, 0.1) is 19.2 Å². The summed E-state index contributed by atoms with van der Waals surface area (Å²) in [6, 6.07) is 6.11. The molecule has 1 saturated heterocycles. The Hall–Kier alpha value is -1.59. The van der Waals surface area contributed by atoms with Gasteiger partial charge in [0.2, 0.25) is 5.91 Å². The third-order valence-corrected chi connectivity index (χ3v) is 3.92. The molecule has 0 spiro atoms. The van der Waals surface area contributed by atoms with Crippen molar-refractivity contribution in [2.24, 2.45) is 0 Å². The van der Waals surface area contributed by atoms with Gasteiger partial charge in [0.1, 0.15) is 12.4 Å². The molecule has 1 aliphatic heterocycles. The molecule has 22 heavy (non-hydrogen) atoms. The van der Waals surface area contributed by atoms with Gasteiger partial charge in [0.25, 0.3) is 0 Å². The van der Waals surface area contributed by atoms with E-state index in [1.54, 1.807) is 11.9 Å². The van der Waals surface area contributed by atoms with Crippen LogP contribution in [-0.2, 0) is 4.79 Å². The quantitative estimate of drug-likeness (QED) is 0.858. The van der Waals surface area contributed by atoms with Gasteiger partial charge in [-0.3, -0.25) is 9.69 Å². The third kappa shape index (κ3) is 5.00. The number of likely N-dealkylation sites (tertiary alicyclic amines) is 1. The number of β-amino-alcohol motifs (C(OH)–C–C–N with tert-alkyl or cyclic N) is 1. The highest BCUT2D eigenvalue weighted by Gasteiger charge is 2.23. The van der Waals surface area contributed by atoms with Crippen LogP contribution in [0.3, 0.4) is 0 Å². The minimum atomic E-state index is -0.286. The molecule has 1 atom stereocenters. The van der Waals surface area contributed by atoms with Crippen LogP contribution in [0.15, 0.2) is 18.2 Å². The van der Waals surface area contributed by atoms with Gasteiger partial charge in [0.15, 0.2) is 0 Å². The fourth-order valence-corrected chi connectivity index (χ4v) is 2.71. The molecule has 0 aromatic heterocycles. The molecule has 0 unspecified atom stereocenters. The van der Waals surface area contributed by atoms with Gasteiger partial charge < -0.3 is 14.7 Å². The monoisotopic (exact) mass is 306 g/mol. The zero-order chi connectivity index (χ0) is 16.1. The number of nitrogens with zero attached hydrogens (tertiary/aromatic N) is 2. The summed E-state index contributed by atoms with van der Waals surface area (Å²) in [5.74, 6) is 0.916. The number of benzene rings is 1. The van der Waals surface area contributed by atoms with Crippen molar-refractivity contribution in [2.45, 2.75) is 26.4 Å². The topological polar surface area (TPSA) is 53.0 Å². The molecule has 0 bridgehead atoms. The number of hydrogen-bond acceptors (Lipinski definition) is 4. The Morgan fingerprint density at radius 3 is 2.64 bits per heavy atom. The summed E-state index contributed by atoms with van der Waals surface area (Å²) in [6.07, 6.45) is 0.471.